The number of benzene rings is 2. The summed E-state index contributed by atoms with van der Waals surface area (Å²) in [7, 11) is 0. The number of hydrogen-bond acceptors (Lipinski definition) is 5. The summed E-state index contributed by atoms with van der Waals surface area (Å²) in [6, 6.07) is 17.0. The van der Waals surface area contributed by atoms with E-state index in [0.29, 0.717) is 12.4 Å². The quantitative estimate of drug-likeness (QED) is 0.485. The number of hydrazone groups is 1. The van der Waals surface area contributed by atoms with Crippen molar-refractivity contribution in [3.63, 3.8) is 0 Å². The fourth-order valence-electron chi connectivity index (χ4n) is 1.69. The van der Waals surface area contributed by atoms with Gasteiger partial charge in [-0.05, 0) is 48.9 Å². The first kappa shape index (κ1) is 15.6. The zero-order valence-corrected chi connectivity index (χ0v) is 12.4. The number of nitrogens with zero attached hydrogens (tertiary/aromatic N) is 1. The highest BCUT2D eigenvalue weighted by Crippen LogP contribution is 2.11. The average Bonchev–Trinajstić information content (AvgIpc) is 2.55. The first-order valence-electron chi connectivity index (χ1n) is 7.00. The van der Waals surface area contributed by atoms with Crippen LogP contribution in [0.3, 0.4) is 0 Å². The van der Waals surface area contributed by atoms with Gasteiger partial charge in [-0.25, -0.2) is 4.79 Å². The van der Waals surface area contributed by atoms with Crippen LogP contribution in [0.4, 0.5) is 5.69 Å². The van der Waals surface area contributed by atoms with Crippen molar-refractivity contribution < 1.29 is 14.3 Å². The Balaban J connectivity index is 1.82. The molecule has 2 rings (SSSR count). The van der Waals surface area contributed by atoms with E-state index in [1.807, 2.05) is 42.5 Å². The monoisotopic (exact) mass is 298 g/mol. The standard InChI is InChI=1S/C17H18N2O3/c1-2-21-17(20)13-22-16-10-8-14(9-11-16)12-18-19-15-6-4-3-5-7-15/h3-12,19H,2,13H2,1H3. The first-order valence-corrected chi connectivity index (χ1v) is 7.00. The molecule has 0 spiro atoms. The maximum atomic E-state index is 11.2. The van der Waals surface area contributed by atoms with E-state index in [0.717, 1.165) is 11.3 Å². The molecular weight excluding hydrogens is 280 g/mol. The number of para-hydroxylation sites is 1. The highest BCUT2D eigenvalue weighted by atomic mass is 16.6. The number of nitrogens with one attached hydrogen (secondary N) is 1. The molecule has 0 atom stereocenters. The molecule has 0 radical (unpaired) electrons. The molecule has 114 valence electrons. The van der Waals surface area contributed by atoms with Gasteiger partial charge in [-0.2, -0.15) is 5.10 Å². The van der Waals surface area contributed by atoms with Crippen LogP contribution in [0.25, 0.3) is 0 Å². The van der Waals surface area contributed by atoms with E-state index in [1.165, 1.54) is 0 Å². The number of carbonyl (C=O) groups excluding carboxylic acids is 1. The van der Waals surface area contributed by atoms with E-state index in [4.69, 9.17) is 9.47 Å². The summed E-state index contributed by atoms with van der Waals surface area (Å²) < 4.78 is 10.1. The second-order valence-corrected chi connectivity index (χ2v) is 4.40. The number of rotatable bonds is 7. The third kappa shape index (κ3) is 5.28. The summed E-state index contributed by atoms with van der Waals surface area (Å²) in [5.41, 5.74) is 4.79. The minimum atomic E-state index is -0.375. The van der Waals surface area contributed by atoms with Gasteiger partial charge in [-0.1, -0.05) is 18.2 Å². The van der Waals surface area contributed by atoms with Crippen LogP contribution in [-0.4, -0.2) is 25.4 Å². The molecule has 0 aliphatic heterocycles. The van der Waals surface area contributed by atoms with E-state index in [9.17, 15) is 4.79 Å². The molecule has 0 aliphatic rings. The molecule has 0 amide bonds. The van der Waals surface area contributed by atoms with Gasteiger partial charge < -0.3 is 9.47 Å². The van der Waals surface area contributed by atoms with Crippen molar-refractivity contribution in [2.45, 2.75) is 6.92 Å². The number of esters is 1. The molecule has 0 fully saturated rings. The molecule has 0 aliphatic carbocycles. The van der Waals surface area contributed by atoms with Crippen molar-refractivity contribution in [1.29, 1.82) is 0 Å². The summed E-state index contributed by atoms with van der Waals surface area (Å²) in [6.45, 7) is 2.03. The van der Waals surface area contributed by atoms with Gasteiger partial charge in [0, 0.05) is 0 Å². The van der Waals surface area contributed by atoms with Crippen LogP contribution in [-0.2, 0) is 9.53 Å². The second-order valence-electron chi connectivity index (χ2n) is 4.40. The smallest absolute Gasteiger partial charge is 0.344 e. The largest absolute Gasteiger partial charge is 0.482 e. The molecule has 0 saturated carbocycles. The minimum Gasteiger partial charge on any atom is -0.482 e. The van der Waals surface area contributed by atoms with Gasteiger partial charge in [0.2, 0.25) is 0 Å². The zero-order valence-electron chi connectivity index (χ0n) is 12.4. The Labute approximate surface area is 129 Å². The van der Waals surface area contributed by atoms with Crippen molar-refractivity contribution in [2.75, 3.05) is 18.6 Å². The predicted molar refractivity (Wildman–Crippen MR) is 86.2 cm³/mol. The van der Waals surface area contributed by atoms with Crippen LogP contribution in [0.5, 0.6) is 5.75 Å². The minimum absolute atomic E-state index is 0.0865. The van der Waals surface area contributed by atoms with Gasteiger partial charge in [0.05, 0.1) is 18.5 Å². The second kappa shape index (κ2) is 8.46. The Morgan fingerprint density at radius 1 is 1.14 bits per heavy atom. The molecule has 5 heteroatoms. The molecule has 0 aromatic heterocycles. The Bertz CT molecular complexity index is 610. The van der Waals surface area contributed by atoms with Gasteiger partial charge in [-0.3, -0.25) is 5.43 Å². The normalized spacial score (nSPS) is 10.4. The molecule has 0 bridgehead atoms. The van der Waals surface area contributed by atoms with E-state index >= 15 is 0 Å². The molecule has 0 unspecified atom stereocenters. The lowest BCUT2D eigenvalue weighted by molar-refractivity contribution is -0.145. The van der Waals surface area contributed by atoms with Crippen LogP contribution in [0, 0.1) is 0 Å². The van der Waals surface area contributed by atoms with Crippen molar-refractivity contribution in [1.82, 2.24) is 0 Å². The topological polar surface area (TPSA) is 59.9 Å². The Morgan fingerprint density at radius 2 is 1.86 bits per heavy atom. The van der Waals surface area contributed by atoms with E-state index in [1.54, 1.807) is 25.3 Å². The third-order valence-corrected chi connectivity index (χ3v) is 2.72. The molecule has 0 saturated heterocycles. The van der Waals surface area contributed by atoms with Gasteiger partial charge in [0.25, 0.3) is 0 Å². The molecule has 5 nitrogen and oxygen atoms in total. The molecule has 2 aromatic rings. The number of carbonyl (C=O) groups is 1. The Morgan fingerprint density at radius 3 is 2.55 bits per heavy atom. The van der Waals surface area contributed by atoms with Crippen molar-refractivity contribution in [3.05, 3.63) is 60.2 Å². The van der Waals surface area contributed by atoms with Crippen LogP contribution in [0.15, 0.2) is 59.7 Å². The van der Waals surface area contributed by atoms with Crippen molar-refractivity contribution >= 4 is 17.9 Å². The summed E-state index contributed by atoms with van der Waals surface area (Å²) in [4.78, 5) is 11.2. The number of ether oxygens (including phenoxy) is 2. The van der Waals surface area contributed by atoms with Gasteiger partial charge in [-0.15, -0.1) is 0 Å². The first-order chi connectivity index (χ1) is 10.8. The highest BCUT2D eigenvalue weighted by molar-refractivity contribution is 5.80. The lowest BCUT2D eigenvalue weighted by Crippen LogP contribution is -2.14. The Kier molecular flexibility index (Phi) is 5.99. The molecule has 1 N–H and O–H groups in total. The van der Waals surface area contributed by atoms with E-state index in [2.05, 4.69) is 10.5 Å². The van der Waals surface area contributed by atoms with Crippen LogP contribution < -0.4 is 10.2 Å². The van der Waals surface area contributed by atoms with Crippen molar-refractivity contribution in [3.8, 4) is 5.75 Å². The molecular formula is C17H18N2O3. The van der Waals surface area contributed by atoms with E-state index < -0.39 is 0 Å². The lowest BCUT2D eigenvalue weighted by atomic mass is 10.2. The Hall–Kier alpha value is -2.82. The van der Waals surface area contributed by atoms with Crippen LogP contribution in [0.1, 0.15) is 12.5 Å². The predicted octanol–water partition coefficient (Wildman–Crippen LogP) is 3.07. The molecule has 0 heterocycles. The third-order valence-electron chi connectivity index (χ3n) is 2.72. The molecule has 2 aromatic carbocycles. The fraction of sp³-hybridized carbons (Fsp3) is 0.176. The summed E-state index contributed by atoms with van der Waals surface area (Å²) >= 11 is 0. The maximum Gasteiger partial charge on any atom is 0.344 e. The molecule has 22 heavy (non-hydrogen) atoms. The average molecular weight is 298 g/mol. The SMILES string of the molecule is CCOC(=O)COc1ccc(C=NNc2ccccc2)cc1. The maximum absolute atomic E-state index is 11.2. The van der Waals surface area contributed by atoms with Crippen molar-refractivity contribution in [2.24, 2.45) is 5.10 Å². The van der Waals surface area contributed by atoms with Gasteiger partial charge in [0.1, 0.15) is 5.75 Å². The van der Waals surface area contributed by atoms with E-state index in [-0.39, 0.29) is 12.6 Å². The van der Waals surface area contributed by atoms with Crippen LogP contribution >= 0.6 is 0 Å². The summed E-state index contributed by atoms with van der Waals surface area (Å²) in [5.74, 6) is 0.237. The zero-order chi connectivity index (χ0) is 15.6. The lowest BCUT2D eigenvalue weighted by Gasteiger charge is -2.05. The van der Waals surface area contributed by atoms with Crippen LogP contribution in [0.2, 0.25) is 0 Å². The van der Waals surface area contributed by atoms with Gasteiger partial charge in [0.15, 0.2) is 6.61 Å². The fourth-order valence-corrected chi connectivity index (χ4v) is 1.69. The number of hydrogen-bond donors (Lipinski definition) is 1. The van der Waals surface area contributed by atoms with Gasteiger partial charge >= 0.3 is 5.97 Å². The highest BCUT2D eigenvalue weighted by Gasteiger charge is 2.02. The summed E-state index contributed by atoms with van der Waals surface area (Å²) in [5, 5.41) is 4.15. The summed E-state index contributed by atoms with van der Waals surface area (Å²) in [6.07, 6.45) is 1.71. The number of anilines is 1.